The van der Waals surface area contributed by atoms with Crippen molar-refractivity contribution in [2.24, 2.45) is 5.28 Å². The Hall–Kier alpha value is -2.96. The van der Waals surface area contributed by atoms with Crippen molar-refractivity contribution in [2.45, 2.75) is 6.92 Å². The number of aromatic amines is 1. The molecule has 2 aromatic rings. The monoisotopic (exact) mass is 272 g/mol. The van der Waals surface area contributed by atoms with Gasteiger partial charge in [0.2, 0.25) is 11.0 Å². The summed E-state index contributed by atoms with van der Waals surface area (Å²) in [6.45, 7) is 1.67. The van der Waals surface area contributed by atoms with Crippen LogP contribution in [0.2, 0.25) is 0 Å². The van der Waals surface area contributed by atoms with E-state index in [0.717, 1.165) is 0 Å². The molecule has 0 radical (unpaired) electrons. The summed E-state index contributed by atoms with van der Waals surface area (Å²) in [7, 11) is 0. The number of nitrogens with zero attached hydrogens (tertiary/aromatic N) is 2. The summed E-state index contributed by atoms with van der Waals surface area (Å²) in [4.78, 5) is 27.9. The maximum atomic E-state index is 11.7. The highest BCUT2D eigenvalue weighted by atomic mass is 16.7. The normalized spacial score (nSPS) is 16.4. The summed E-state index contributed by atoms with van der Waals surface area (Å²) in [6.07, 6.45) is 1.39. The van der Waals surface area contributed by atoms with Crippen LogP contribution < -0.4 is 5.63 Å². The third kappa shape index (κ3) is 1.95. The van der Waals surface area contributed by atoms with E-state index in [1.165, 1.54) is 10.8 Å². The Labute approximate surface area is 112 Å². The fourth-order valence-electron chi connectivity index (χ4n) is 1.82. The Balaban J connectivity index is 2.10. The minimum absolute atomic E-state index is 0.145. The number of rotatable bonds is 2. The van der Waals surface area contributed by atoms with Crippen LogP contribution in [-0.2, 0) is 9.63 Å². The number of hydrogen-bond acceptors (Lipinski definition) is 5. The lowest BCUT2D eigenvalue weighted by molar-refractivity contribution is -0.462. The van der Waals surface area contributed by atoms with E-state index in [1.54, 1.807) is 31.2 Å². The van der Waals surface area contributed by atoms with Crippen molar-refractivity contribution in [1.82, 2.24) is 5.16 Å². The van der Waals surface area contributed by atoms with Gasteiger partial charge in [0.15, 0.2) is 0 Å². The molecule has 1 aliphatic rings. The van der Waals surface area contributed by atoms with Gasteiger partial charge in [0.25, 0.3) is 0 Å². The SMILES string of the molecule is Cc1[nH]oc(=O)c1/C=C1\C(=O)ON=[N+]1c1ccccc1. The minimum Gasteiger partial charge on any atom is -0.338 e. The second kappa shape index (κ2) is 4.61. The highest BCUT2D eigenvalue weighted by molar-refractivity contribution is 5.91. The van der Waals surface area contributed by atoms with Gasteiger partial charge in [0.05, 0.1) is 11.3 Å². The number of aromatic nitrogens is 1. The van der Waals surface area contributed by atoms with Crippen LogP contribution in [0.1, 0.15) is 11.3 Å². The average Bonchev–Trinajstić information content (AvgIpc) is 2.98. The van der Waals surface area contributed by atoms with Gasteiger partial charge in [-0.1, -0.05) is 18.2 Å². The molecule has 7 heteroatoms. The first-order chi connectivity index (χ1) is 9.66. The van der Waals surface area contributed by atoms with Crippen molar-refractivity contribution in [3.8, 4) is 0 Å². The molecule has 0 atom stereocenters. The lowest BCUT2D eigenvalue weighted by atomic mass is 10.2. The molecule has 100 valence electrons. The van der Waals surface area contributed by atoms with Gasteiger partial charge in [-0.25, -0.2) is 14.7 Å². The predicted molar refractivity (Wildman–Crippen MR) is 66.9 cm³/mol. The van der Waals surface area contributed by atoms with Crippen LogP contribution >= 0.6 is 0 Å². The zero-order valence-electron chi connectivity index (χ0n) is 10.5. The number of H-pyrrole nitrogens is 1. The average molecular weight is 272 g/mol. The molecule has 20 heavy (non-hydrogen) atoms. The Morgan fingerprint density at radius 2 is 2.00 bits per heavy atom. The first-order valence-corrected chi connectivity index (χ1v) is 5.84. The summed E-state index contributed by atoms with van der Waals surface area (Å²) >= 11 is 0. The lowest BCUT2D eigenvalue weighted by Gasteiger charge is -1.91. The van der Waals surface area contributed by atoms with Crippen molar-refractivity contribution in [3.05, 3.63) is 57.7 Å². The first kappa shape index (κ1) is 12.1. The maximum Gasteiger partial charge on any atom is 0.437 e. The van der Waals surface area contributed by atoms with E-state index >= 15 is 0 Å². The Morgan fingerprint density at radius 1 is 1.25 bits per heavy atom. The molecule has 1 aromatic heterocycles. The molecular formula is C13H10N3O4+. The number of benzene rings is 1. The molecular weight excluding hydrogens is 262 g/mol. The van der Waals surface area contributed by atoms with Gasteiger partial charge in [-0.15, -0.1) is 0 Å². The van der Waals surface area contributed by atoms with E-state index in [0.29, 0.717) is 11.4 Å². The molecule has 0 saturated carbocycles. The van der Waals surface area contributed by atoms with Gasteiger partial charge < -0.3 is 4.52 Å². The molecule has 0 amide bonds. The number of hydrogen-bond donors (Lipinski definition) is 1. The smallest absolute Gasteiger partial charge is 0.338 e. The van der Waals surface area contributed by atoms with Crippen LogP contribution in [0.25, 0.3) is 6.08 Å². The lowest BCUT2D eigenvalue weighted by Crippen LogP contribution is -2.07. The van der Waals surface area contributed by atoms with Gasteiger partial charge in [-0.3, -0.25) is 4.84 Å². The van der Waals surface area contributed by atoms with Gasteiger partial charge in [0, 0.05) is 18.2 Å². The van der Waals surface area contributed by atoms with E-state index in [1.807, 2.05) is 6.07 Å². The van der Waals surface area contributed by atoms with E-state index in [2.05, 4.69) is 19.8 Å². The molecule has 0 bridgehead atoms. The van der Waals surface area contributed by atoms with E-state index in [-0.39, 0.29) is 11.3 Å². The van der Waals surface area contributed by atoms with Gasteiger partial charge in [-0.2, -0.15) is 0 Å². The molecule has 0 saturated heterocycles. The van der Waals surface area contributed by atoms with E-state index in [4.69, 9.17) is 0 Å². The van der Waals surface area contributed by atoms with Crippen molar-refractivity contribution in [2.75, 3.05) is 0 Å². The van der Waals surface area contributed by atoms with E-state index < -0.39 is 11.6 Å². The molecule has 1 aliphatic heterocycles. The summed E-state index contributed by atoms with van der Waals surface area (Å²) in [5.74, 6) is -0.631. The molecule has 2 heterocycles. The quantitative estimate of drug-likeness (QED) is 0.668. The number of carbonyl (C=O) groups is 1. The summed E-state index contributed by atoms with van der Waals surface area (Å²) in [5, 5.41) is 6.13. The van der Waals surface area contributed by atoms with Crippen LogP contribution in [0.5, 0.6) is 0 Å². The molecule has 1 N–H and O–H groups in total. The van der Waals surface area contributed by atoms with E-state index in [9.17, 15) is 9.59 Å². The summed E-state index contributed by atoms with van der Waals surface area (Å²) < 4.78 is 5.98. The number of nitrogens with one attached hydrogen (secondary N) is 1. The number of aryl methyl sites for hydroxylation is 1. The molecule has 7 nitrogen and oxygen atoms in total. The Morgan fingerprint density at radius 3 is 2.65 bits per heavy atom. The van der Waals surface area contributed by atoms with Crippen molar-refractivity contribution >= 4 is 17.7 Å². The third-order valence-electron chi connectivity index (χ3n) is 2.85. The maximum absolute atomic E-state index is 11.7. The van der Waals surface area contributed by atoms with Crippen molar-refractivity contribution in [3.63, 3.8) is 0 Å². The molecule has 1 aromatic carbocycles. The Kier molecular flexibility index (Phi) is 2.79. The summed E-state index contributed by atoms with van der Waals surface area (Å²) in [6, 6.07) is 9.00. The van der Waals surface area contributed by atoms with Crippen LogP contribution in [0.4, 0.5) is 5.69 Å². The van der Waals surface area contributed by atoms with Crippen LogP contribution in [0.3, 0.4) is 0 Å². The molecule has 3 rings (SSSR count). The van der Waals surface area contributed by atoms with Crippen LogP contribution in [0.15, 0.2) is 50.6 Å². The fraction of sp³-hybridized carbons (Fsp3) is 0.0769. The topological polar surface area (TPSA) is 87.7 Å². The fourth-order valence-corrected chi connectivity index (χ4v) is 1.82. The molecule has 0 aliphatic carbocycles. The zero-order chi connectivity index (χ0) is 14.1. The number of carbonyl (C=O) groups excluding carboxylic acids is 1. The van der Waals surface area contributed by atoms with Crippen molar-refractivity contribution < 1.29 is 18.9 Å². The second-order valence-electron chi connectivity index (χ2n) is 4.17. The molecule has 0 spiro atoms. The Bertz CT molecular complexity index is 783. The van der Waals surface area contributed by atoms with Gasteiger partial charge in [-0.05, 0) is 11.6 Å². The van der Waals surface area contributed by atoms with Gasteiger partial charge in [0.1, 0.15) is 0 Å². The van der Waals surface area contributed by atoms with Crippen molar-refractivity contribution in [1.29, 1.82) is 0 Å². The first-order valence-electron chi connectivity index (χ1n) is 5.84. The molecule has 0 fully saturated rings. The standard InChI is InChI=1S/C13H9N3O4/c1-8-10(12(17)19-14-8)7-11-13(18)20-15-16(11)9-5-3-2-4-6-9/h2-7H,1H3/p+1. The summed E-state index contributed by atoms with van der Waals surface area (Å²) in [5.41, 5.74) is 1.03. The predicted octanol–water partition coefficient (Wildman–Crippen LogP) is 1.89. The zero-order valence-corrected chi connectivity index (χ0v) is 10.5. The largest absolute Gasteiger partial charge is 0.437 e. The second-order valence-corrected chi connectivity index (χ2v) is 4.17. The third-order valence-corrected chi connectivity index (χ3v) is 2.85. The van der Waals surface area contributed by atoms with Gasteiger partial charge >= 0.3 is 17.3 Å². The highest BCUT2D eigenvalue weighted by Crippen LogP contribution is 2.24. The minimum atomic E-state index is -0.631. The molecule has 0 unspecified atom stereocenters. The van der Waals surface area contributed by atoms with Crippen LogP contribution in [0, 0.1) is 6.92 Å². The van der Waals surface area contributed by atoms with Crippen LogP contribution in [-0.4, -0.2) is 15.8 Å². The number of para-hydroxylation sites is 1. The highest BCUT2D eigenvalue weighted by Gasteiger charge is 2.37.